The molecule has 3 N–H and O–H groups in total. The minimum absolute atomic E-state index is 0.199. The predicted molar refractivity (Wildman–Crippen MR) is 81.5 cm³/mol. The van der Waals surface area contributed by atoms with Crippen molar-refractivity contribution in [2.45, 2.75) is 6.04 Å². The van der Waals surface area contributed by atoms with E-state index in [0.29, 0.717) is 5.02 Å². The number of carbonyl (C=O) groups excluding carboxylic acids is 1. The number of carbonyl (C=O) groups is 1. The van der Waals surface area contributed by atoms with Gasteiger partial charge in [0.15, 0.2) is 0 Å². The Hall–Kier alpha value is -2.04. The molecule has 20 heavy (non-hydrogen) atoms. The number of hydrogen-bond donors (Lipinski definition) is 2. The number of anilines is 3. The molecule has 0 bridgehead atoms. The minimum atomic E-state index is -0.640. The van der Waals surface area contributed by atoms with E-state index in [1.54, 1.807) is 6.07 Å². The average molecular weight is 288 g/mol. The molecule has 0 fully saturated rings. The van der Waals surface area contributed by atoms with E-state index < -0.39 is 6.04 Å². The smallest absolute Gasteiger partial charge is 0.245 e. The standard InChI is InChI=1S/C15H14ClN3O/c1-19(9-5-3-2-4-6-9)13-8-12-10(7-11(13)16)14(17)15(20)18-12/h2-8,14H,17H2,1H3,(H,18,20). The first kappa shape index (κ1) is 13.0. The quantitative estimate of drug-likeness (QED) is 0.892. The second kappa shape index (κ2) is 4.81. The first-order valence-corrected chi connectivity index (χ1v) is 6.64. The first-order valence-electron chi connectivity index (χ1n) is 6.26. The molecule has 102 valence electrons. The maximum absolute atomic E-state index is 11.6. The van der Waals surface area contributed by atoms with Crippen molar-refractivity contribution in [2.24, 2.45) is 5.73 Å². The summed E-state index contributed by atoms with van der Waals surface area (Å²) < 4.78 is 0. The molecule has 0 spiro atoms. The SMILES string of the molecule is CN(c1ccccc1)c1cc2c(cc1Cl)C(N)C(=O)N2. The summed E-state index contributed by atoms with van der Waals surface area (Å²) in [5.74, 6) is -0.199. The van der Waals surface area contributed by atoms with Gasteiger partial charge in [0.1, 0.15) is 6.04 Å². The monoisotopic (exact) mass is 287 g/mol. The molecular weight excluding hydrogens is 274 g/mol. The summed E-state index contributed by atoms with van der Waals surface area (Å²) in [5.41, 5.74) is 9.12. The van der Waals surface area contributed by atoms with E-state index in [0.717, 1.165) is 22.6 Å². The number of amides is 1. The molecule has 0 saturated heterocycles. The van der Waals surface area contributed by atoms with Gasteiger partial charge < -0.3 is 16.0 Å². The highest BCUT2D eigenvalue weighted by Crippen LogP contribution is 2.39. The zero-order valence-corrected chi connectivity index (χ0v) is 11.7. The fourth-order valence-electron chi connectivity index (χ4n) is 2.34. The van der Waals surface area contributed by atoms with E-state index in [9.17, 15) is 4.79 Å². The van der Waals surface area contributed by atoms with Crippen molar-refractivity contribution in [3.8, 4) is 0 Å². The average Bonchev–Trinajstić information content (AvgIpc) is 2.74. The molecule has 4 nitrogen and oxygen atoms in total. The number of nitrogens with zero attached hydrogens (tertiary/aromatic N) is 1. The number of halogens is 1. The Balaban J connectivity index is 2.04. The zero-order valence-electron chi connectivity index (χ0n) is 10.9. The van der Waals surface area contributed by atoms with Gasteiger partial charge in [-0.2, -0.15) is 0 Å². The van der Waals surface area contributed by atoms with E-state index in [2.05, 4.69) is 5.32 Å². The molecule has 2 aromatic carbocycles. The van der Waals surface area contributed by atoms with Crippen molar-refractivity contribution in [3.63, 3.8) is 0 Å². The minimum Gasteiger partial charge on any atom is -0.343 e. The normalized spacial score (nSPS) is 16.8. The van der Waals surface area contributed by atoms with Gasteiger partial charge in [0.05, 0.1) is 10.7 Å². The van der Waals surface area contributed by atoms with Crippen LogP contribution in [-0.4, -0.2) is 13.0 Å². The van der Waals surface area contributed by atoms with Crippen molar-refractivity contribution in [1.82, 2.24) is 0 Å². The van der Waals surface area contributed by atoms with Gasteiger partial charge >= 0.3 is 0 Å². The van der Waals surface area contributed by atoms with E-state index in [1.165, 1.54) is 0 Å². The molecular formula is C15H14ClN3O. The fraction of sp³-hybridized carbons (Fsp3) is 0.133. The zero-order chi connectivity index (χ0) is 14.3. The van der Waals surface area contributed by atoms with Crippen LogP contribution >= 0.6 is 11.6 Å². The van der Waals surface area contributed by atoms with Gasteiger partial charge in [0.25, 0.3) is 0 Å². The van der Waals surface area contributed by atoms with Gasteiger partial charge in [0.2, 0.25) is 5.91 Å². The number of nitrogens with two attached hydrogens (primary N) is 1. The van der Waals surface area contributed by atoms with E-state index in [1.807, 2.05) is 48.3 Å². The van der Waals surface area contributed by atoms with Gasteiger partial charge in [-0.15, -0.1) is 0 Å². The van der Waals surface area contributed by atoms with Gasteiger partial charge in [-0.3, -0.25) is 4.79 Å². The van der Waals surface area contributed by atoms with Gasteiger partial charge in [-0.1, -0.05) is 29.8 Å². The number of para-hydroxylation sites is 1. The summed E-state index contributed by atoms with van der Waals surface area (Å²) in [6.45, 7) is 0. The number of benzene rings is 2. The number of fused-ring (bicyclic) bond motifs is 1. The highest BCUT2D eigenvalue weighted by atomic mass is 35.5. The summed E-state index contributed by atoms with van der Waals surface area (Å²) in [5, 5.41) is 3.34. The molecule has 1 aliphatic heterocycles. The largest absolute Gasteiger partial charge is 0.343 e. The van der Waals surface area contributed by atoms with Crippen molar-refractivity contribution < 1.29 is 4.79 Å². The highest BCUT2D eigenvalue weighted by molar-refractivity contribution is 6.34. The molecule has 1 unspecified atom stereocenters. The van der Waals surface area contributed by atoms with Crippen LogP contribution in [0, 0.1) is 0 Å². The summed E-state index contributed by atoms with van der Waals surface area (Å²) >= 11 is 6.33. The fourth-order valence-corrected chi connectivity index (χ4v) is 2.64. The van der Waals surface area contributed by atoms with Crippen LogP contribution in [0.25, 0.3) is 0 Å². The molecule has 1 amide bonds. The molecule has 1 atom stereocenters. The lowest BCUT2D eigenvalue weighted by Crippen LogP contribution is -2.19. The molecule has 0 radical (unpaired) electrons. The third-order valence-corrected chi connectivity index (χ3v) is 3.80. The van der Waals surface area contributed by atoms with Crippen molar-refractivity contribution in [1.29, 1.82) is 0 Å². The number of rotatable bonds is 2. The Morgan fingerprint density at radius 2 is 1.95 bits per heavy atom. The first-order chi connectivity index (χ1) is 9.58. The lowest BCUT2D eigenvalue weighted by Gasteiger charge is -2.21. The van der Waals surface area contributed by atoms with Gasteiger partial charge in [-0.25, -0.2) is 0 Å². The maximum atomic E-state index is 11.6. The Bertz CT molecular complexity index is 672. The molecule has 5 heteroatoms. The van der Waals surface area contributed by atoms with Crippen LogP contribution in [0.1, 0.15) is 11.6 Å². The van der Waals surface area contributed by atoms with Crippen LogP contribution in [0.15, 0.2) is 42.5 Å². The third-order valence-electron chi connectivity index (χ3n) is 3.50. The Kier molecular flexibility index (Phi) is 3.12. The molecule has 0 aliphatic carbocycles. The predicted octanol–water partition coefficient (Wildman–Crippen LogP) is 3.06. The van der Waals surface area contributed by atoms with E-state index in [4.69, 9.17) is 17.3 Å². The Morgan fingerprint density at radius 1 is 1.25 bits per heavy atom. The lowest BCUT2D eigenvalue weighted by atomic mass is 10.1. The van der Waals surface area contributed by atoms with Crippen molar-refractivity contribution in [3.05, 3.63) is 53.1 Å². The second-order valence-electron chi connectivity index (χ2n) is 4.75. The Labute approximate surface area is 122 Å². The lowest BCUT2D eigenvalue weighted by molar-refractivity contribution is -0.116. The molecule has 0 saturated carbocycles. The Morgan fingerprint density at radius 3 is 2.65 bits per heavy atom. The second-order valence-corrected chi connectivity index (χ2v) is 5.16. The summed E-state index contributed by atoms with van der Waals surface area (Å²) in [6, 6.07) is 12.8. The molecule has 3 rings (SSSR count). The number of hydrogen-bond acceptors (Lipinski definition) is 3. The molecule has 1 heterocycles. The van der Waals surface area contributed by atoms with E-state index >= 15 is 0 Å². The van der Waals surface area contributed by atoms with Crippen LogP contribution in [0.2, 0.25) is 5.02 Å². The van der Waals surface area contributed by atoms with Gasteiger partial charge in [-0.05, 0) is 24.3 Å². The van der Waals surface area contributed by atoms with Crippen LogP contribution in [0.5, 0.6) is 0 Å². The van der Waals surface area contributed by atoms with Gasteiger partial charge in [0, 0.05) is 24.0 Å². The molecule has 0 aromatic heterocycles. The maximum Gasteiger partial charge on any atom is 0.245 e. The van der Waals surface area contributed by atoms with E-state index in [-0.39, 0.29) is 5.91 Å². The van der Waals surface area contributed by atoms with Crippen LogP contribution in [0.3, 0.4) is 0 Å². The third kappa shape index (κ3) is 2.03. The van der Waals surface area contributed by atoms with Crippen LogP contribution < -0.4 is 16.0 Å². The van der Waals surface area contributed by atoms with Crippen molar-refractivity contribution in [2.75, 3.05) is 17.3 Å². The van der Waals surface area contributed by atoms with Crippen LogP contribution in [-0.2, 0) is 4.79 Å². The summed E-state index contributed by atoms with van der Waals surface area (Å²) in [7, 11) is 1.93. The molecule has 1 aliphatic rings. The number of nitrogens with one attached hydrogen (secondary N) is 1. The topological polar surface area (TPSA) is 58.4 Å². The van der Waals surface area contributed by atoms with Crippen molar-refractivity contribution >= 4 is 34.6 Å². The summed E-state index contributed by atoms with van der Waals surface area (Å²) in [6.07, 6.45) is 0. The highest BCUT2D eigenvalue weighted by Gasteiger charge is 2.28. The summed E-state index contributed by atoms with van der Waals surface area (Å²) in [4.78, 5) is 13.6. The molecule has 2 aromatic rings. The van der Waals surface area contributed by atoms with Crippen LogP contribution in [0.4, 0.5) is 17.1 Å².